The Balaban J connectivity index is 1.16. The first-order valence-corrected chi connectivity index (χ1v) is 16.0. The monoisotopic (exact) mass is 619 g/mol. The van der Waals surface area contributed by atoms with E-state index >= 15 is 0 Å². The molecule has 9 rings (SSSR count). The zero-order valence-electron chi connectivity index (χ0n) is 25.9. The van der Waals surface area contributed by atoms with Gasteiger partial charge >= 0.3 is 5.97 Å². The largest absolute Gasteiger partial charge is 0.478 e. The lowest BCUT2D eigenvalue weighted by atomic mass is 10.1. The number of carboxylic acid groups (broad SMARTS) is 1. The first kappa shape index (κ1) is 27.7. The molecule has 1 N–H and O–H groups in total. The van der Waals surface area contributed by atoms with Gasteiger partial charge in [0, 0.05) is 50.0 Å². The lowest BCUT2D eigenvalue weighted by molar-refractivity contribution is 0.0697. The predicted molar refractivity (Wildman–Crippen MR) is 197 cm³/mol. The average Bonchev–Trinajstić information content (AvgIpc) is 3.66. The summed E-state index contributed by atoms with van der Waals surface area (Å²) in [4.78, 5) is 13.8. The van der Waals surface area contributed by atoms with Crippen molar-refractivity contribution in [2.75, 3.05) is 4.90 Å². The van der Waals surface area contributed by atoms with Crippen molar-refractivity contribution in [2.45, 2.75) is 0 Å². The summed E-state index contributed by atoms with van der Waals surface area (Å²) in [5.74, 6) is -0.945. The molecule has 0 saturated heterocycles. The van der Waals surface area contributed by atoms with Gasteiger partial charge in [-0.2, -0.15) is 0 Å². The van der Waals surface area contributed by atoms with Gasteiger partial charge in [0.1, 0.15) is 0 Å². The molecule has 5 nitrogen and oxygen atoms in total. The topological polar surface area (TPSA) is 50.4 Å². The number of aromatic nitrogens is 2. The van der Waals surface area contributed by atoms with Crippen LogP contribution in [0.4, 0.5) is 17.1 Å². The Bertz CT molecular complexity index is 2370. The molecule has 2 heterocycles. The highest BCUT2D eigenvalue weighted by atomic mass is 16.4. The third-order valence-electron chi connectivity index (χ3n) is 9.26. The minimum Gasteiger partial charge on any atom is -0.478 e. The number of aromatic carboxylic acids is 1. The summed E-state index contributed by atoms with van der Waals surface area (Å²) < 4.78 is 4.61. The first-order chi connectivity index (χ1) is 23.7. The Morgan fingerprint density at radius 3 is 1.00 bits per heavy atom. The number of fused-ring (bicyclic) bond motifs is 6. The molecule has 0 saturated carbocycles. The van der Waals surface area contributed by atoms with Crippen molar-refractivity contribution >= 4 is 66.6 Å². The van der Waals surface area contributed by atoms with Crippen molar-refractivity contribution in [3.05, 3.63) is 175 Å². The average molecular weight is 620 g/mol. The molecule has 0 amide bonds. The van der Waals surface area contributed by atoms with Gasteiger partial charge in [0.2, 0.25) is 0 Å². The van der Waals surface area contributed by atoms with E-state index in [0.717, 1.165) is 50.5 Å². The molecular formula is C43H29N3O2. The molecule has 0 fully saturated rings. The second-order valence-corrected chi connectivity index (χ2v) is 12.0. The Labute approximate surface area is 276 Å². The van der Waals surface area contributed by atoms with Crippen LogP contribution in [0, 0.1) is 0 Å². The minimum absolute atomic E-state index is 0.252. The van der Waals surface area contributed by atoms with E-state index in [1.54, 1.807) is 12.1 Å². The Morgan fingerprint density at radius 1 is 0.396 bits per heavy atom. The number of hydrogen-bond donors (Lipinski definition) is 1. The summed E-state index contributed by atoms with van der Waals surface area (Å²) >= 11 is 0. The number of benzene rings is 7. The Hall–Kier alpha value is -6.59. The Morgan fingerprint density at radius 2 is 0.688 bits per heavy atom. The summed E-state index contributed by atoms with van der Waals surface area (Å²) in [6.45, 7) is 0. The highest BCUT2D eigenvalue weighted by molar-refractivity contribution is 6.10. The maximum Gasteiger partial charge on any atom is 0.335 e. The van der Waals surface area contributed by atoms with Crippen LogP contribution in [-0.4, -0.2) is 20.2 Å². The van der Waals surface area contributed by atoms with E-state index in [1.165, 1.54) is 21.5 Å². The van der Waals surface area contributed by atoms with Crippen molar-refractivity contribution in [1.29, 1.82) is 0 Å². The summed E-state index contributed by atoms with van der Waals surface area (Å²) in [5.41, 5.74) is 9.83. The molecule has 5 heteroatoms. The molecular weight excluding hydrogens is 590 g/mol. The van der Waals surface area contributed by atoms with Crippen LogP contribution in [-0.2, 0) is 0 Å². The van der Waals surface area contributed by atoms with Gasteiger partial charge in [-0.1, -0.05) is 72.8 Å². The van der Waals surface area contributed by atoms with Gasteiger partial charge in [-0.05, 0) is 97.1 Å². The molecule has 0 spiro atoms. The van der Waals surface area contributed by atoms with E-state index < -0.39 is 5.97 Å². The maximum atomic E-state index is 11.7. The van der Waals surface area contributed by atoms with E-state index in [9.17, 15) is 9.90 Å². The van der Waals surface area contributed by atoms with Crippen molar-refractivity contribution < 1.29 is 9.90 Å². The molecule has 0 aliphatic heterocycles. The molecule has 0 unspecified atom stereocenters. The number of nitrogens with zero attached hydrogens (tertiary/aromatic N) is 3. The predicted octanol–water partition coefficient (Wildman–Crippen LogP) is 11.0. The third kappa shape index (κ3) is 4.37. The van der Waals surface area contributed by atoms with Crippen LogP contribution in [0.1, 0.15) is 10.4 Å². The highest BCUT2D eigenvalue weighted by Gasteiger charge is 2.17. The van der Waals surface area contributed by atoms with Gasteiger partial charge in [-0.15, -0.1) is 0 Å². The lowest BCUT2D eigenvalue weighted by Gasteiger charge is -2.26. The number of para-hydroxylation sites is 4. The summed E-state index contributed by atoms with van der Waals surface area (Å²) in [5, 5.41) is 14.5. The van der Waals surface area contributed by atoms with Crippen LogP contribution in [0.3, 0.4) is 0 Å². The molecule has 0 aliphatic rings. The minimum atomic E-state index is -0.945. The SMILES string of the molecule is O=C(O)c1ccc(N(c2ccc(-n3c4ccccc4c4ccccc43)cc2)c2ccc(-n3c4ccccc4c4ccccc43)cc2)cc1. The number of carboxylic acids is 1. The number of anilines is 3. The van der Waals surface area contributed by atoms with Crippen molar-refractivity contribution in [2.24, 2.45) is 0 Å². The zero-order valence-corrected chi connectivity index (χ0v) is 25.9. The van der Waals surface area contributed by atoms with Crippen molar-refractivity contribution in [3.63, 3.8) is 0 Å². The van der Waals surface area contributed by atoms with E-state index in [2.05, 4.69) is 160 Å². The maximum absolute atomic E-state index is 11.7. The van der Waals surface area contributed by atoms with Crippen LogP contribution in [0.2, 0.25) is 0 Å². The zero-order chi connectivity index (χ0) is 32.2. The van der Waals surface area contributed by atoms with Gasteiger partial charge in [-0.3, -0.25) is 0 Å². The molecule has 48 heavy (non-hydrogen) atoms. The smallest absolute Gasteiger partial charge is 0.335 e. The molecule has 228 valence electrons. The van der Waals surface area contributed by atoms with Crippen LogP contribution in [0.15, 0.2) is 170 Å². The number of carbonyl (C=O) groups is 1. The molecule has 2 aromatic heterocycles. The van der Waals surface area contributed by atoms with Crippen molar-refractivity contribution in [3.8, 4) is 11.4 Å². The first-order valence-electron chi connectivity index (χ1n) is 16.0. The van der Waals surface area contributed by atoms with Crippen LogP contribution < -0.4 is 4.90 Å². The standard InChI is InChI=1S/C43H29N3O2/c47-43(48)29-17-19-30(20-18-29)44(31-21-25-33(26-22-31)45-39-13-5-1-9-35(39)36-10-2-6-14-40(36)45)32-23-27-34(28-24-32)46-41-15-7-3-11-37(41)38-12-4-8-16-42(38)46/h1-28H,(H,47,48). The van der Waals surface area contributed by atoms with Gasteiger partial charge in [0.25, 0.3) is 0 Å². The fraction of sp³-hybridized carbons (Fsp3) is 0. The Kier molecular flexibility index (Phi) is 6.37. The fourth-order valence-corrected chi connectivity index (χ4v) is 7.10. The number of hydrogen-bond acceptors (Lipinski definition) is 2. The molecule has 0 radical (unpaired) electrons. The molecule has 7 aromatic carbocycles. The van der Waals surface area contributed by atoms with E-state index in [0.29, 0.717) is 0 Å². The van der Waals surface area contributed by atoms with Gasteiger partial charge in [-0.25, -0.2) is 4.79 Å². The van der Waals surface area contributed by atoms with Gasteiger partial charge in [0.05, 0.1) is 27.6 Å². The normalized spacial score (nSPS) is 11.5. The molecule has 0 bridgehead atoms. The number of rotatable bonds is 6. The molecule has 0 aliphatic carbocycles. The van der Waals surface area contributed by atoms with Crippen molar-refractivity contribution in [1.82, 2.24) is 9.13 Å². The van der Waals surface area contributed by atoms with E-state index in [4.69, 9.17) is 0 Å². The molecule has 0 atom stereocenters. The van der Waals surface area contributed by atoms with Crippen LogP contribution in [0.25, 0.3) is 55.0 Å². The summed E-state index contributed by atoms with van der Waals surface area (Å²) in [7, 11) is 0. The summed E-state index contributed by atoms with van der Waals surface area (Å²) in [6, 6.07) is 58.2. The van der Waals surface area contributed by atoms with Crippen LogP contribution in [0.5, 0.6) is 0 Å². The summed E-state index contributed by atoms with van der Waals surface area (Å²) in [6.07, 6.45) is 0. The molecule has 9 aromatic rings. The second-order valence-electron chi connectivity index (χ2n) is 12.0. The lowest BCUT2D eigenvalue weighted by Crippen LogP contribution is -2.11. The highest BCUT2D eigenvalue weighted by Crippen LogP contribution is 2.38. The van der Waals surface area contributed by atoms with Gasteiger partial charge in [0.15, 0.2) is 0 Å². The van der Waals surface area contributed by atoms with Crippen LogP contribution >= 0.6 is 0 Å². The third-order valence-corrected chi connectivity index (χ3v) is 9.26. The quantitative estimate of drug-likeness (QED) is 0.201. The van der Waals surface area contributed by atoms with Gasteiger partial charge < -0.3 is 19.1 Å². The van der Waals surface area contributed by atoms with E-state index in [-0.39, 0.29) is 5.56 Å². The van der Waals surface area contributed by atoms with E-state index in [1.807, 2.05) is 12.1 Å². The second kappa shape index (κ2) is 11.0. The fourth-order valence-electron chi connectivity index (χ4n) is 7.10.